The largest absolute Gasteiger partial charge is 0.391 e. The number of pyridine rings is 2. The smallest absolute Gasteiger partial charge is 0.259 e. The van der Waals surface area contributed by atoms with Crippen LogP contribution in [0.25, 0.3) is 23.0 Å². The molecule has 1 atom stereocenters. The van der Waals surface area contributed by atoms with E-state index < -0.39 is 0 Å². The molecule has 3 aromatic heterocycles. The summed E-state index contributed by atoms with van der Waals surface area (Å²) in [6.45, 7) is 1.53. The number of hydrogen-bond donors (Lipinski definition) is 1. The van der Waals surface area contributed by atoms with E-state index in [1.54, 1.807) is 12.4 Å². The number of β-amino-alcohol motifs (C(OH)–C–C–N with tert-alkyl or cyclic N) is 1. The van der Waals surface area contributed by atoms with Crippen LogP contribution in [0.1, 0.15) is 12.8 Å². The maximum atomic E-state index is 9.78. The zero-order valence-corrected chi connectivity index (χ0v) is 13.0. The van der Waals surface area contributed by atoms with Crippen molar-refractivity contribution in [2.75, 3.05) is 18.0 Å². The topological polar surface area (TPSA) is 88.2 Å². The summed E-state index contributed by atoms with van der Waals surface area (Å²) in [6, 6.07) is 9.36. The predicted molar refractivity (Wildman–Crippen MR) is 88.2 cm³/mol. The Bertz CT molecular complexity index is 803. The summed E-state index contributed by atoms with van der Waals surface area (Å²) in [7, 11) is 0. The van der Waals surface area contributed by atoms with Crippen LogP contribution in [0, 0.1) is 0 Å². The molecule has 0 spiro atoms. The summed E-state index contributed by atoms with van der Waals surface area (Å²) >= 11 is 0. The fourth-order valence-electron chi connectivity index (χ4n) is 2.80. The fourth-order valence-corrected chi connectivity index (χ4v) is 2.80. The van der Waals surface area contributed by atoms with E-state index in [1.807, 2.05) is 30.3 Å². The van der Waals surface area contributed by atoms with Gasteiger partial charge in [-0.15, -0.1) is 0 Å². The standard InChI is InChI=1S/C17H17N5O2/c23-13-4-3-9-22(11-13)15-7-6-12(10-19-15)17-20-16(21-24-17)14-5-1-2-8-18-14/h1-2,5-8,10,13,23H,3-4,9,11H2. The molecule has 7 nitrogen and oxygen atoms in total. The summed E-state index contributed by atoms with van der Waals surface area (Å²) < 4.78 is 5.31. The highest BCUT2D eigenvalue weighted by Gasteiger charge is 2.19. The molecule has 1 N–H and O–H groups in total. The highest BCUT2D eigenvalue weighted by molar-refractivity contribution is 5.58. The monoisotopic (exact) mass is 323 g/mol. The molecule has 4 heterocycles. The second-order valence-corrected chi connectivity index (χ2v) is 5.79. The quantitative estimate of drug-likeness (QED) is 0.790. The Labute approximate surface area is 139 Å². The first-order chi connectivity index (χ1) is 11.8. The van der Waals surface area contributed by atoms with Crippen LogP contribution in [-0.2, 0) is 0 Å². The Hall–Kier alpha value is -2.80. The minimum atomic E-state index is -0.280. The van der Waals surface area contributed by atoms with Gasteiger partial charge in [0.1, 0.15) is 11.5 Å². The van der Waals surface area contributed by atoms with Gasteiger partial charge in [0.15, 0.2) is 0 Å². The molecule has 3 aromatic rings. The van der Waals surface area contributed by atoms with E-state index in [4.69, 9.17) is 4.52 Å². The Morgan fingerprint density at radius 3 is 2.88 bits per heavy atom. The van der Waals surface area contributed by atoms with Crippen LogP contribution >= 0.6 is 0 Å². The van der Waals surface area contributed by atoms with Crippen molar-refractivity contribution in [3.63, 3.8) is 0 Å². The van der Waals surface area contributed by atoms with Gasteiger partial charge >= 0.3 is 0 Å². The van der Waals surface area contributed by atoms with Crippen LogP contribution in [0.4, 0.5) is 5.82 Å². The maximum absolute atomic E-state index is 9.78. The van der Waals surface area contributed by atoms with Gasteiger partial charge in [0.05, 0.1) is 11.7 Å². The van der Waals surface area contributed by atoms with Gasteiger partial charge in [-0.3, -0.25) is 4.98 Å². The number of aliphatic hydroxyl groups is 1. The van der Waals surface area contributed by atoms with Gasteiger partial charge in [0, 0.05) is 25.5 Å². The molecule has 4 rings (SSSR count). The first-order valence-corrected chi connectivity index (χ1v) is 7.94. The van der Waals surface area contributed by atoms with Gasteiger partial charge in [-0.05, 0) is 37.1 Å². The molecule has 24 heavy (non-hydrogen) atoms. The predicted octanol–water partition coefficient (Wildman–Crippen LogP) is 2.15. The highest BCUT2D eigenvalue weighted by atomic mass is 16.5. The average molecular weight is 323 g/mol. The Morgan fingerprint density at radius 1 is 1.17 bits per heavy atom. The summed E-state index contributed by atoms with van der Waals surface area (Å²) in [5, 5.41) is 13.7. The number of hydrogen-bond acceptors (Lipinski definition) is 7. The minimum Gasteiger partial charge on any atom is -0.391 e. The van der Waals surface area contributed by atoms with E-state index in [2.05, 4.69) is 25.0 Å². The third-order valence-electron chi connectivity index (χ3n) is 4.04. The molecule has 1 aliphatic heterocycles. The van der Waals surface area contributed by atoms with Crippen LogP contribution in [-0.4, -0.2) is 44.4 Å². The molecule has 0 aromatic carbocycles. The Kier molecular flexibility index (Phi) is 3.92. The van der Waals surface area contributed by atoms with Crippen LogP contribution in [0.3, 0.4) is 0 Å². The number of aliphatic hydroxyl groups excluding tert-OH is 1. The van der Waals surface area contributed by atoms with Gasteiger partial charge < -0.3 is 14.5 Å². The lowest BCUT2D eigenvalue weighted by atomic mass is 10.1. The van der Waals surface area contributed by atoms with E-state index in [9.17, 15) is 5.11 Å². The first kappa shape index (κ1) is 14.8. The van der Waals surface area contributed by atoms with Gasteiger partial charge in [-0.2, -0.15) is 4.98 Å². The second-order valence-electron chi connectivity index (χ2n) is 5.79. The minimum absolute atomic E-state index is 0.280. The Balaban J connectivity index is 1.54. The molecule has 0 saturated carbocycles. The van der Waals surface area contributed by atoms with Crippen molar-refractivity contribution in [1.29, 1.82) is 0 Å². The van der Waals surface area contributed by atoms with Crippen LogP contribution in [0.2, 0.25) is 0 Å². The van der Waals surface area contributed by atoms with Crippen LogP contribution < -0.4 is 4.90 Å². The molecule has 0 aliphatic carbocycles. The van der Waals surface area contributed by atoms with Crippen LogP contribution in [0.5, 0.6) is 0 Å². The highest BCUT2D eigenvalue weighted by Crippen LogP contribution is 2.23. The molecular formula is C17H17N5O2. The van der Waals surface area contributed by atoms with Crippen molar-refractivity contribution >= 4 is 5.82 Å². The molecule has 1 saturated heterocycles. The SMILES string of the molecule is OC1CCCN(c2ccc(-c3nc(-c4ccccn4)no3)cn2)C1. The zero-order chi connectivity index (χ0) is 16.4. The second kappa shape index (κ2) is 6.37. The molecule has 0 amide bonds. The van der Waals surface area contributed by atoms with Crippen molar-refractivity contribution in [2.24, 2.45) is 0 Å². The van der Waals surface area contributed by atoms with Crippen molar-refractivity contribution in [3.8, 4) is 23.0 Å². The van der Waals surface area contributed by atoms with Crippen molar-refractivity contribution in [3.05, 3.63) is 42.7 Å². The normalized spacial score (nSPS) is 17.9. The van der Waals surface area contributed by atoms with Crippen molar-refractivity contribution < 1.29 is 9.63 Å². The lowest BCUT2D eigenvalue weighted by Crippen LogP contribution is -2.38. The maximum Gasteiger partial charge on any atom is 0.259 e. The van der Waals surface area contributed by atoms with E-state index in [0.717, 1.165) is 30.8 Å². The van der Waals surface area contributed by atoms with Gasteiger partial charge in [-0.1, -0.05) is 11.2 Å². The number of anilines is 1. The number of nitrogens with zero attached hydrogens (tertiary/aromatic N) is 5. The summed E-state index contributed by atoms with van der Waals surface area (Å²) in [5.74, 6) is 1.71. The third-order valence-corrected chi connectivity index (χ3v) is 4.04. The van der Waals surface area contributed by atoms with Crippen molar-refractivity contribution in [2.45, 2.75) is 18.9 Å². The van der Waals surface area contributed by atoms with Gasteiger partial charge in [-0.25, -0.2) is 4.98 Å². The number of rotatable bonds is 3. The molecule has 0 bridgehead atoms. The molecule has 122 valence electrons. The molecule has 7 heteroatoms. The van der Waals surface area contributed by atoms with E-state index >= 15 is 0 Å². The molecule has 1 fully saturated rings. The summed E-state index contributed by atoms with van der Waals surface area (Å²) in [5.41, 5.74) is 1.42. The van der Waals surface area contributed by atoms with Gasteiger partial charge in [0.25, 0.3) is 5.89 Å². The summed E-state index contributed by atoms with van der Waals surface area (Å²) in [4.78, 5) is 15.1. The lowest BCUT2D eigenvalue weighted by Gasteiger charge is -2.30. The number of aromatic nitrogens is 4. The third kappa shape index (κ3) is 2.98. The summed E-state index contributed by atoms with van der Waals surface area (Å²) in [6.07, 6.45) is 4.95. The molecule has 0 radical (unpaired) electrons. The van der Waals surface area contributed by atoms with Crippen molar-refractivity contribution in [1.82, 2.24) is 20.1 Å². The van der Waals surface area contributed by atoms with Gasteiger partial charge in [0.2, 0.25) is 5.82 Å². The Morgan fingerprint density at radius 2 is 2.12 bits per heavy atom. The fraction of sp³-hybridized carbons (Fsp3) is 0.294. The molecular weight excluding hydrogens is 306 g/mol. The van der Waals surface area contributed by atoms with E-state index in [-0.39, 0.29) is 6.10 Å². The average Bonchev–Trinajstić information content (AvgIpc) is 3.13. The van der Waals surface area contributed by atoms with E-state index in [0.29, 0.717) is 24.0 Å². The van der Waals surface area contributed by atoms with E-state index in [1.165, 1.54) is 0 Å². The lowest BCUT2D eigenvalue weighted by molar-refractivity contribution is 0.154. The van der Waals surface area contributed by atoms with Crippen LogP contribution in [0.15, 0.2) is 47.2 Å². The number of piperidine rings is 1. The first-order valence-electron chi connectivity index (χ1n) is 7.94. The zero-order valence-electron chi connectivity index (χ0n) is 13.0. The molecule has 1 aliphatic rings. The molecule has 1 unspecified atom stereocenters.